The number of benzene rings is 2. The maximum absolute atomic E-state index is 12.9. The summed E-state index contributed by atoms with van der Waals surface area (Å²) in [4.78, 5) is 29.1. The second kappa shape index (κ2) is 10.3. The Morgan fingerprint density at radius 2 is 1.70 bits per heavy atom. The maximum Gasteiger partial charge on any atom is 0.256 e. The minimum Gasteiger partial charge on any atom is -0.336 e. The Morgan fingerprint density at radius 3 is 2.40 bits per heavy atom. The predicted octanol–water partition coefficient (Wildman–Crippen LogP) is 3.25. The van der Waals surface area contributed by atoms with E-state index < -0.39 is 0 Å². The van der Waals surface area contributed by atoms with Gasteiger partial charge in [0.25, 0.3) is 5.91 Å². The summed E-state index contributed by atoms with van der Waals surface area (Å²) in [6.45, 7) is 3.05. The third kappa shape index (κ3) is 6.13. The van der Waals surface area contributed by atoms with Crippen molar-refractivity contribution in [3.63, 3.8) is 0 Å². The van der Waals surface area contributed by atoms with Crippen molar-refractivity contribution in [2.45, 2.75) is 0 Å². The molecule has 2 amide bonds. The smallest absolute Gasteiger partial charge is 0.256 e. The Kier molecular flexibility index (Phi) is 7.57. The van der Waals surface area contributed by atoms with Crippen LogP contribution in [0.3, 0.4) is 0 Å². The number of carbonyl (C=O) groups excluding carboxylic acids is 2. The van der Waals surface area contributed by atoms with E-state index in [1.54, 1.807) is 30.3 Å². The molecule has 2 N–H and O–H groups in total. The van der Waals surface area contributed by atoms with Gasteiger partial charge in [-0.3, -0.25) is 14.9 Å². The first kappa shape index (κ1) is 22.0. The Hall–Kier alpha value is -2.74. The quantitative estimate of drug-likeness (QED) is 0.562. The van der Waals surface area contributed by atoms with E-state index in [1.165, 1.54) is 6.08 Å². The van der Waals surface area contributed by atoms with Crippen LogP contribution in [0.2, 0.25) is 5.02 Å². The minimum absolute atomic E-state index is 0.0528. The van der Waals surface area contributed by atoms with E-state index in [1.807, 2.05) is 36.2 Å². The molecular formula is C22H23ClN4O2S. The molecule has 1 heterocycles. The monoisotopic (exact) mass is 442 g/mol. The van der Waals surface area contributed by atoms with Crippen molar-refractivity contribution >= 4 is 52.5 Å². The van der Waals surface area contributed by atoms with Gasteiger partial charge < -0.3 is 15.1 Å². The fourth-order valence-electron chi connectivity index (χ4n) is 3.01. The third-order valence-electron chi connectivity index (χ3n) is 4.73. The number of amides is 2. The van der Waals surface area contributed by atoms with Crippen molar-refractivity contribution in [1.29, 1.82) is 0 Å². The second-order valence-electron chi connectivity index (χ2n) is 6.97. The zero-order chi connectivity index (χ0) is 21.5. The van der Waals surface area contributed by atoms with Crippen molar-refractivity contribution < 1.29 is 9.59 Å². The summed E-state index contributed by atoms with van der Waals surface area (Å²) in [6, 6.07) is 14.3. The lowest BCUT2D eigenvalue weighted by atomic mass is 10.1. The van der Waals surface area contributed by atoms with Crippen molar-refractivity contribution in [2.24, 2.45) is 0 Å². The van der Waals surface area contributed by atoms with E-state index in [9.17, 15) is 9.59 Å². The highest BCUT2D eigenvalue weighted by Gasteiger charge is 2.22. The topological polar surface area (TPSA) is 64.7 Å². The molecule has 8 heteroatoms. The number of anilines is 1. The van der Waals surface area contributed by atoms with Crippen molar-refractivity contribution in [3.8, 4) is 0 Å². The molecule has 156 valence electrons. The van der Waals surface area contributed by atoms with Crippen LogP contribution in [-0.2, 0) is 4.79 Å². The molecule has 0 spiro atoms. The van der Waals surface area contributed by atoms with Gasteiger partial charge in [0, 0.05) is 37.3 Å². The summed E-state index contributed by atoms with van der Waals surface area (Å²) in [5.41, 5.74) is 1.93. The SMILES string of the molecule is CN1CCN(C(=O)c2ccccc2NC(=S)NC(=O)/C=C/c2ccc(Cl)cc2)CC1. The molecular weight excluding hydrogens is 420 g/mol. The number of thiocarbonyl (C=S) groups is 1. The number of para-hydroxylation sites is 1. The summed E-state index contributed by atoms with van der Waals surface area (Å²) in [6.07, 6.45) is 3.05. The van der Waals surface area contributed by atoms with Gasteiger partial charge in [0.15, 0.2) is 5.11 Å². The van der Waals surface area contributed by atoms with E-state index in [4.69, 9.17) is 23.8 Å². The lowest BCUT2D eigenvalue weighted by Crippen LogP contribution is -2.47. The number of halogens is 1. The van der Waals surface area contributed by atoms with Gasteiger partial charge in [0.1, 0.15) is 0 Å². The molecule has 1 aliphatic heterocycles. The Bertz CT molecular complexity index is 954. The normalized spacial score (nSPS) is 14.5. The lowest BCUT2D eigenvalue weighted by Gasteiger charge is -2.32. The Morgan fingerprint density at radius 1 is 1.03 bits per heavy atom. The highest BCUT2D eigenvalue weighted by atomic mass is 35.5. The maximum atomic E-state index is 12.9. The molecule has 30 heavy (non-hydrogen) atoms. The first-order chi connectivity index (χ1) is 14.4. The number of likely N-dealkylation sites (N-methyl/N-ethyl adjacent to an activating group) is 1. The van der Waals surface area contributed by atoms with Gasteiger partial charge in [-0.2, -0.15) is 0 Å². The summed E-state index contributed by atoms with van der Waals surface area (Å²) in [5, 5.41) is 6.32. The first-order valence-corrected chi connectivity index (χ1v) is 10.3. The third-order valence-corrected chi connectivity index (χ3v) is 5.19. The molecule has 0 atom stereocenters. The van der Waals surface area contributed by atoms with Crippen LogP contribution < -0.4 is 10.6 Å². The van der Waals surface area contributed by atoms with Crippen LogP contribution >= 0.6 is 23.8 Å². The lowest BCUT2D eigenvalue weighted by molar-refractivity contribution is -0.115. The van der Waals surface area contributed by atoms with Gasteiger partial charge in [0.05, 0.1) is 11.3 Å². The van der Waals surface area contributed by atoms with Crippen LogP contribution in [0.15, 0.2) is 54.6 Å². The number of hydrogen-bond acceptors (Lipinski definition) is 4. The van der Waals surface area contributed by atoms with E-state index in [0.717, 1.165) is 18.7 Å². The van der Waals surface area contributed by atoms with Crippen LogP contribution in [0.4, 0.5) is 5.69 Å². The number of nitrogens with zero attached hydrogens (tertiary/aromatic N) is 2. The highest BCUT2D eigenvalue weighted by molar-refractivity contribution is 7.80. The summed E-state index contributed by atoms with van der Waals surface area (Å²) in [7, 11) is 2.04. The van der Waals surface area contributed by atoms with Crippen LogP contribution in [0.5, 0.6) is 0 Å². The van der Waals surface area contributed by atoms with Crippen LogP contribution in [0.25, 0.3) is 6.08 Å². The summed E-state index contributed by atoms with van der Waals surface area (Å²) >= 11 is 11.1. The molecule has 0 aromatic heterocycles. The van der Waals surface area contributed by atoms with Crippen molar-refractivity contribution in [1.82, 2.24) is 15.1 Å². The van der Waals surface area contributed by atoms with Gasteiger partial charge in [-0.25, -0.2) is 0 Å². The number of piperazine rings is 1. The molecule has 1 aliphatic rings. The first-order valence-electron chi connectivity index (χ1n) is 9.55. The second-order valence-corrected chi connectivity index (χ2v) is 7.81. The van der Waals surface area contributed by atoms with Crippen LogP contribution in [0, 0.1) is 0 Å². The average Bonchev–Trinajstić information content (AvgIpc) is 2.74. The number of hydrogen-bond donors (Lipinski definition) is 2. The Balaban J connectivity index is 1.60. The zero-order valence-electron chi connectivity index (χ0n) is 16.6. The largest absolute Gasteiger partial charge is 0.336 e. The molecule has 1 saturated heterocycles. The molecule has 3 rings (SSSR count). The van der Waals surface area contributed by atoms with Gasteiger partial charge in [-0.15, -0.1) is 0 Å². The molecule has 0 unspecified atom stereocenters. The predicted molar refractivity (Wildman–Crippen MR) is 125 cm³/mol. The Labute approximate surface area is 186 Å². The molecule has 2 aromatic rings. The van der Waals surface area contributed by atoms with Crippen molar-refractivity contribution in [2.75, 3.05) is 38.5 Å². The summed E-state index contributed by atoms with van der Waals surface area (Å²) in [5.74, 6) is -0.423. The van der Waals surface area contributed by atoms with E-state index in [-0.39, 0.29) is 16.9 Å². The van der Waals surface area contributed by atoms with Crippen LogP contribution in [0.1, 0.15) is 15.9 Å². The standard InChI is InChI=1S/C22H23ClN4O2S/c1-26-12-14-27(15-13-26)21(29)18-4-2-3-5-19(18)24-22(30)25-20(28)11-8-16-6-9-17(23)10-7-16/h2-11H,12-15H2,1H3,(H2,24,25,28,30)/b11-8+. The molecule has 0 aliphatic carbocycles. The fourth-order valence-corrected chi connectivity index (χ4v) is 3.35. The highest BCUT2D eigenvalue weighted by Crippen LogP contribution is 2.18. The number of rotatable bonds is 4. The van der Waals surface area contributed by atoms with E-state index >= 15 is 0 Å². The number of nitrogens with one attached hydrogen (secondary N) is 2. The average molecular weight is 443 g/mol. The number of carbonyl (C=O) groups is 2. The van der Waals surface area contributed by atoms with Crippen LogP contribution in [-0.4, -0.2) is 60.0 Å². The summed E-state index contributed by atoms with van der Waals surface area (Å²) < 4.78 is 0. The zero-order valence-corrected chi connectivity index (χ0v) is 18.2. The molecule has 0 radical (unpaired) electrons. The molecule has 0 saturated carbocycles. The van der Waals surface area contributed by atoms with Gasteiger partial charge in [-0.1, -0.05) is 35.9 Å². The van der Waals surface area contributed by atoms with Crippen molar-refractivity contribution in [3.05, 3.63) is 70.8 Å². The molecule has 0 bridgehead atoms. The van der Waals surface area contributed by atoms with Gasteiger partial charge in [0.2, 0.25) is 5.91 Å². The fraction of sp³-hybridized carbons (Fsp3) is 0.227. The van der Waals surface area contributed by atoms with E-state index in [0.29, 0.717) is 29.4 Å². The van der Waals surface area contributed by atoms with Gasteiger partial charge in [-0.05, 0) is 55.2 Å². The molecule has 1 fully saturated rings. The van der Waals surface area contributed by atoms with Gasteiger partial charge >= 0.3 is 0 Å². The molecule has 2 aromatic carbocycles. The minimum atomic E-state index is -0.370. The van der Waals surface area contributed by atoms with E-state index in [2.05, 4.69) is 15.5 Å². The molecule has 6 nitrogen and oxygen atoms in total.